The topological polar surface area (TPSA) is 38.8 Å². The van der Waals surface area contributed by atoms with Crippen LogP contribution in [0.1, 0.15) is 15.9 Å². The molecule has 1 fully saturated rings. The first-order valence-electron chi connectivity index (χ1n) is 6.06. The van der Waals surface area contributed by atoms with Crippen molar-refractivity contribution in [2.24, 2.45) is 0 Å². The van der Waals surface area contributed by atoms with Gasteiger partial charge in [0, 0.05) is 13.1 Å². The Labute approximate surface area is 114 Å². The van der Waals surface area contributed by atoms with Gasteiger partial charge in [-0.2, -0.15) is 13.2 Å². The number of carbonyl (C=O) groups excluding carboxylic acids is 1. The van der Waals surface area contributed by atoms with Gasteiger partial charge in [0.15, 0.2) is 0 Å². The van der Waals surface area contributed by atoms with Gasteiger partial charge in [0.05, 0.1) is 31.5 Å². The number of hydrogen-bond donors (Lipinski definition) is 0. The summed E-state index contributed by atoms with van der Waals surface area (Å²) in [6.07, 6.45) is -4.56. The van der Waals surface area contributed by atoms with Gasteiger partial charge in [-0.1, -0.05) is 6.07 Å². The van der Waals surface area contributed by atoms with E-state index in [9.17, 15) is 18.0 Å². The molecule has 110 valence electrons. The Morgan fingerprint density at radius 2 is 1.95 bits per heavy atom. The first-order valence-corrected chi connectivity index (χ1v) is 6.06. The minimum Gasteiger partial charge on any atom is -0.495 e. The van der Waals surface area contributed by atoms with Crippen LogP contribution in [0.3, 0.4) is 0 Å². The van der Waals surface area contributed by atoms with Gasteiger partial charge in [-0.05, 0) is 12.1 Å². The fourth-order valence-electron chi connectivity index (χ4n) is 2.09. The number of benzene rings is 1. The molecule has 0 radical (unpaired) electrons. The smallest absolute Gasteiger partial charge is 0.419 e. The average molecular weight is 289 g/mol. The van der Waals surface area contributed by atoms with Crippen molar-refractivity contribution < 1.29 is 27.4 Å². The van der Waals surface area contributed by atoms with Gasteiger partial charge in [0.2, 0.25) is 0 Å². The third kappa shape index (κ3) is 2.87. The number of methoxy groups -OCH3 is 1. The Bertz CT molecular complexity index is 496. The van der Waals surface area contributed by atoms with E-state index in [1.807, 2.05) is 0 Å². The highest BCUT2D eigenvalue weighted by Gasteiger charge is 2.36. The summed E-state index contributed by atoms with van der Waals surface area (Å²) in [5, 5.41) is 0. The number of hydrogen-bond acceptors (Lipinski definition) is 3. The molecular formula is C13H14F3NO3. The Hall–Kier alpha value is -1.76. The maximum atomic E-state index is 12.9. The zero-order chi connectivity index (χ0) is 14.8. The third-order valence-corrected chi connectivity index (χ3v) is 3.05. The summed E-state index contributed by atoms with van der Waals surface area (Å²) in [7, 11) is 1.13. The molecule has 1 heterocycles. The molecule has 0 aliphatic carbocycles. The maximum absolute atomic E-state index is 12.9. The van der Waals surface area contributed by atoms with Crippen LogP contribution in [0, 0.1) is 0 Å². The van der Waals surface area contributed by atoms with Crippen molar-refractivity contribution in [2.75, 3.05) is 33.4 Å². The van der Waals surface area contributed by atoms with Crippen molar-refractivity contribution in [3.63, 3.8) is 0 Å². The van der Waals surface area contributed by atoms with E-state index in [1.54, 1.807) is 0 Å². The Kier molecular flexibility index (Phi) is 4.17. The largest absolute Gasteiger partial charge is 0.495 e. The van der Waals surface area contributed by atoms with E-state index < -0.39 is 23.4 Å². The molecule has 0 aromatic heterocycles. The zero-order valence-corrected chi connectivity index (χ0v) is 10.9. The van der Waals surface area contributed by atoms with Crippen LogP contribution in [0.4, 0.5) is 13.2 Å². The average Bonchev–Trinajstić information content (AvgIpc) is 2.45. The number of halogens is 3. The second-order valence-corrected chi connectivity index (χ2v) is 4.29. The monoisotopic (exact) mass is 289 g/mol. The van der Waals surface area contributed by atoms with Crippen LogP contribution >= 0.6 is 0 Å². The second kappa shape index (κ2) is 5.70. The summed E-state index contributed by atoms with van der Waals surface area (Å²) < 4.78 is 48.6. The van der Waals surface area contributed by atoms with Gasteiger partial charge in [0.25, 0.3) is 5.91 Å². The number of amides is 1. The molecule has 0 N–H and O–H groups in total. The van der Waals surface area contributed by atoms with E-state index in [0.717, 1.165) is 13.2 Å². The van der Waals surface area contributed by atoms with Gasteiger partial charge >= 0.3 is 6.18 Å². The lowest BCUT2D eigenvalue weighted by Crippen LogP contribution is -2.40. The van der Waals surface area contributed by atoms with Gasteiger partial charge in [-0.15, -0.1) is 0 Å². The van der Waals surface area contributed by atoms with Crippen molar-refractivity contribution in [1.82, 2.24) is 4.90 Å². The fraction of sp³-hybridized carbons (Fsp3) is 0.462. The highest BCUT2D eigenvalue weighted by Crippen LogP contribution is 2.38. The SMILES string of the molecule is COc1c(C(=O)N2CCOCC2)cccc1C(F)(F)F. The first-order chi connectivity index (χ1) is 9.45. The van der Waals surface area contributed by atoms with Crippen LogP contribution < -0.4 is 4.74 Å². The van der Waals surface area contributed by atoms with Crippen molar-refractivity contribution in [1.29, 1.82) is 0 Å². The van der Waals surface area contributed by atoms with Crippen LogP contribution in [0.2, 0.25) is 0 Å². The van der Waals surface area contributed by atoms with E-state index in [-0.39, 0.29) is 5.56 Å². The van der Waals surface area contributed by atoms with Crippen LogP contribution in [0.5, 0.6) is 5.75 Å². The molecule has 4 nitrogen and oxygen atoms in total. The molecule has 1 saturated heterocycles. The predicted octanol–water partition coefficient (Wildman–Crippen LogP) is 2.19. The third-order valence-electron chi connectivity index (χ3n) is 3.05. The van der Waals surface area contributed by atoms with E-state index in [2.05, 4.69) is 0 Å². The molecule has 7 heteroatoms. The lowest BCUT2D eigenvalue weighted by Gasteiger charge is -2.27. The van der Waals surface area contributed by atoms with Crippen LogP contribution in [0.25, 0.3) is 0 Å². The van der Waals surface area contributed by atoms with Crippen molar-refractivity contribution >= 4 is 5.91 Å². The first kappa shape index (κ1) is 14.6. The highest BCUT2D eigenvalue weighted by atomic mass is 19.4. The Morgan fingerprint density at radius 3 is 2.50 bits per heavy atom. The standard InChI is InChI=1S/C13H14F3NO3/c1-19-11-9(3-2-4-10(11)13(14,15)16)12(18)17-5-7-20-8-6-17/h2-4H,5-8H2,1H3. The van der Waals surface area contributed by atoms with Crippen molar-refractivity contribution in [3.05, 3.63) is 29.3 Å². The van der Waals surface area contributed by atoms with E-state index >= 15 is 0 Å². The zero-order valence-electron chi connectivity index (χ0n) is 10.9. The van der Waals surface area contributed by atoms with Gasteiger partial charge in [-0.25, -0.2) is 0 Å². The number of nitrogens with zero attached hydrogens (tertiary/aromatic N) is 1. The maximum Gasteiger partial charge on any atom is 0.419 e. The number of rotatable bonds is 2. The second-order valence-electron chi connectivity index (χ2n) is 4.29. The quantitative estimate of drug-likeness (QED) is 0.837. The molecular weight excluding hydrogens is 275 g/mol. The van der Waals surface area contributed by atoms with Gasteiger partial charge in [-0.3, -0.25) is 4.79 Å². The lowest BCUT2D eigenvalue weighted by atomic mass is 10.1. The molecule has 1 aromatic carbocycles. The normalized spacial score (nSPS) is 16.1. The molecule has 1 aromatic rings. The molecule has 0 bridgehead atoms. The molecule has 0 spiro atoms. The molecule has 0 atom stereocenters. The number of para-hydroxylation sites is 1. The molecule has 20 heavy (non-hydrogen) atoms. The van der Waals surface area contributed by atoms with Crippen molar-refractivity contribution in [2.45, 2.75) is 6.18 Å². The van der Waals surface area contributed by atoms with E-state index in [1.165, 1.54) is 17.0 Å². The van der Waals surface area contributed by atoms with Crippen LogP contribution in [-0.4, -0.2) is 44.2 Å². The molecule has 1 aliphatic heterocycles. The summed E-state index contributed by atoms with van der Waals surface area (Å²) in [6.45, 7) is 1.48. The summed E-state index contributed by atoms with van der Waals surface area (Å²) in [5.41, 5.74) is -1.02. The summed E-state index contributed by atoms with van der Waals surface area (Å²) in [5.74, 6) is -0.909. The van der Waals surface area contributed by atoms with Crippen LogP contribution in [-0.2, 0) is 10.9 Å². The van der Waals surface area contributed by atoms with E-state index in [0.29, 0.717) is 26.3 Å². The van der Waals surface area contributed by atoms with Crippen LogP contribution in [0.15, 0.2) is 18.2 Å². The fourth-order valence-corrected chi connectivity index (χ4v) is 2.09. The molecule has 1 amide bonds. The summed E-state index contributed by atoms with van der Waals surface area (Å²) >= 11 is 0. The minimum atomic E-state index is -4.56. The molecule has 0 saturated carbocycles. The Morgan fingerprint density at radius 1 is 1.30 bits per heavy atom. The van der Waals surface area contributed by atoms with Gasteiger partial charge in [0.1, 0.15) is 5.75 Å². The van der Waals surface area contributed by atoms with E-state index in [4.69, 9.17) is 9.47 Å². The van der Waals surface area contributed by atoms with Crippen molar-refractivity contribution in [3.8, 4) is 5.75 Å². The number of carbonyl (C=O) groups is 1. The summed E-state index contributed by atoms with van der Waals surface area (Å²) in [4.78, 5) is 13.7. The minimum absolute atomic E-state index is 0.0794. The molecule has 0 unspecified atom stereocenters. The summed E-state index contributed by atoms with van der Waals surface area (Å²) in [6, 6.07) is 3.44. The highest BCUT2D eigenvalue weighted by molar-refractivity contribution is 5.97. The lowest BCUT2D eigenvalue weighted by molar-refractivity contribution is -0.138. The van der Waals surface area contributed by atoms with Gasteiger partial charge < -0.3 is 14.4 Å². The number of alkyl halides is 3. The molecule has 1 aliphatic rings. The number of morpholine rings is 1. The Balaban J connectivity index is 2.38. The molecule has 2 rings (SSSR count). The number of ether oxygens (including phenoxy) is 2. The predicted molar refractivity (Wildman–Crippen MR) is 64.7 cm³/mol.